The van der Waals surface area contributed by atoms with Gasteiger partial charge in [-0.3, -0.25) is 20.4 Å². The molecule has 1 aromatic heterocycles. The first-order valence-electron chi connectivity index (χ1n) is 7.41. The Bertz CT molecular complexity index is 907. The van der Waals surface area contributed by atoms with Crippen LogP contribution in [0, 0.1) is 0 Å². The van der Waals surface area contributed by atoms with Gasteiger partial charge in [0.05, 0.1) is 10.6 Å². The van der Waals surface area contributed by atoms with E-state index in [1.165, 1.54) is 12.1 Å². The normalized spacial score (nSPS) is 10.6. The van der Waals surface area contributed by atoms with Crippen LogP contribution in [0.25, 0.3) is 11.1 Å². The molecule has 2 amide bonds. The summed E-state index contributed by atoms with van der Waals surface area (Å²) in [6.45, 7) is 0. The van der Waals surface area contributed by atoms with Gasteiger partial charge in [-0.2, -0.15) is 0 Å². The van der Waals surface area contributed by atoms with Crippen LogP contribution in [0.2, 0.25) is 10.0 Å². The highest BCUT2D eigenvalue weighted by atomic mass is 35.5. The summed E-state index contributed by atoms with van der Waals surface area (Å²) in [5.41, 5.74) is 6.20. The number of benzene rings is 2. The second-order valence-electron chi connectivity index (χ2n) is 5.20. The van der Waals surface area contributed by atoms with Crippen LogP contribution in [0.4, 0.5) is 0 Å². The van der Waals surface area contributed by atoms with E-state index in [0.29, 0.717) is 22.9 Å². The number of hydrogen-bond donors (Lipinski definition) is 2. The molecule has 1 heterocycles. The van der Waals surface area contributed by atoms with Crippen LogP contribution in [0.3, 0.4) is 0 Å². The highest BCUT2D eigenvalue weighted by Gasteiger charge is 2.13. The van der Waals surface area contributed by atoms with Crippen molar-refractivity contribution < 1.29 is 14.0 Å². The summed E-state index contributed by atoms with van der Waals surface area (Å²) in [6.07, 6.45) is 0.421. The van der Waals surface area contributed by atoms with E-state index in [-0.39, 0.29) is 22.9 Å². The molecule has 0 spiro atoms. The molecule has 128 valence electrons. The lowest BCUT2D eigenvalue weighted by atomic mass is 10.2. The Morgan fingerprint density at radius 3 is 2.68 bits per heavy atom. The van der Waals surface area contributed by atoms with Gasteiger partial charge in [-0.15, -0.1) is 0 Å². The molecule has 0 aliphatic carbocycles. The summed E-state index contributed by atoms with van der Waals surface area (Å²) in [4.78, 5) is 28.2. The van der Waals surface area contributed by atoms with E-state index < -0.39 is 5.91 Å². The van der Waals surface area contributed by atoms with Crippen LogP contribution in [-0.4, -0.2) is 16.8 Å². The summed E-state index contributed by atoms with van der Waals surface area (Å²) in [5.74, 6) is -0.475. The molecule has 8 heteroatoms. The zero-order valence-corrected chi connectivity index (χ0v) is 14.4. The molecule has 0 aliphatic heterocycles. The quantitative estimate of drug-likeness (QED) is 0.681. The Labute approximate surface area is 153 Å². The lowest BCUT2D eigenvalue weighted by Crippen LogP contribution is -2.41. The van der Waals surface area contributed by atoms with Crippen LogP contribution >= 0.6 is 23.2 Å². The van der Waals surface area contributed by atoms with Crippen LogP contribution in [0.15, 0.2) is 46.9 Å². The fraction of sp³-hybridized carbons (Fsp3) is 0.118. The van der Waals surface area contributed by atoms with Crippen molar-refractivity contribution in [3.8, 4) is 0 Å². The number of amides is 2. The summed E-state index contributed by atoms with van der Waals surface area (Å²) in [6, 6.07) is 11.8. The summed E-state index contributed by atoms with van der Waals surface area (Å²) < 4.78 is 5.53. The van der Waals surface area contributed by atoms with Crippen molar-refractivity contribution in [2.45, 2.75) is 12.8 Å². The number of para-hydroxylation sites is 2. The van der Waals surface area contributed by atoms with Gasteiger partial charge in [0.25, 0.3) is 5.91 Å². The predicted octanol–water partition coefficient (Wildman–Crippen LogP) is 3.53. The van der Waals surface area contributed by atoms with Gasteiger partial charge in [0, 0.05) is 17.9 Å². The summed E-state index contributed by atoms with van der Waals surface area (Å²) >= 11 is 11.8. The summed E-state index contributed by atoms with van der Waals surface area (Å²) in [7, 11) is 0. The average molecular weight is 378 g/mol. The number of hydrazine groups is 1. The Hall–Kier alpha value is -2.57. The largest absolute Gasteiger partial charge is 0.441 e. The number of hydrogen-bond acceptors (Lipinski definition) is 4. The maximum absolute atomic E-state index is 12.0. The first-order chi connectivity index (χ1) is 12.0. The molecule has 0 saturated heterocycles. The number of aryl methyl sites for hydroxylation is 1. The van der Waals surface area contributed by atoms with Gasteiger partial charge < -0.3 is 4.42 Å². The highest BCUT2D eigenvalue weighted by molar-refractivity contribution is 6.35. The molecule has 2 aromatic carbocycles. The lowest BCUT2D eigenvalue weighted by Gasteiger charge is -2.08. The molecule has 0 unspecified atom stereocenters. The number of halogens is 2. The second-order valence-corrected chi connectivity index (χ2v) is 6.05. The Kier molecular flexibility index (Phi) is 5.21. The fourth-order valence-electron chi connectivity index (χ4n) is 2.18. The number of carbonyl (C=O) groups excluding carboxylic acids is 2. The number of aromatic nitrogens is 1. The van der Waals surface area contributed by atoms with Crippen molar-refractivity contribution in [3.63, 3.8) is 0 Å². The van der Waals surface area contributed by atoms with Gasteiger partial charge in [-0.05, 0) is 30.3 Å². The van der Waals surface area contributed by atoms with Crippen molar-refractivity contribution in [2.75, 3.05) is 0 Å². The molecule has 3 rings (SSSR count). The van der Waals surface area contributed by atoms with Gasteiger partial charge in [0.1, 0.15) is 5.52 Å². The number of carbonyl (C=O) groups is 2. The maximum atomic E-state index is 12.0. The van der Waals surface area contributed by atoms with Crippen molar-refractivity contribution in [3.05, 3.63) is 64.0 Å². The van der Waals surface area contributed by atoms with Crippen molar-refractivity contribution >= 4 is 46.1 Å². The van der Waals surface area contributed by atoms with Gasteiger partial charge in [0.2, 0.25) is 5.91 Å². The van der Waals surface area contributed by atoms with Crippen LogP contribution in [0.5, 0.6) is 0 Å². The molecular formula is C17H13Cl2N3O3. The van der Waals surface area contributed by atoms with E-state index in [1.807, 2.05) is 18.2 Å². The minimum atomic E-state index is -0.553. The molecule has 0 radical (unpaired) electrons. The van der Waals surface area contributed by atoms with E-state index in [2.05, 4.69) is 15.8 Å². The SMILES string of the molecule is O=C(CCc1nc2ccccc2o1)NNC(=O)c1cc(Cl)ccc1Cl. The summed E-state index contributed by atoms with van der Waals surface area (Å²) in [5, 5.41) is 0.611. The number of nitrogens with zero attached hydrogens (tertiary/aromatic N) is 1. The fourth-order valence-corrected chi connectivity index (χ4v) is 2.55. The minimum Gasteiger partial charge on any atom is -0.441 e. The van der Waals surface area contributed by atoms with Gasteiger partial charge >= 0.3 is 0 Å². The van der Waals surface area contributed by atoms with E-state index in [0.717, 1.165) is 5.52 Å². The zero-order valence-electron chi connectivity index (χ0n) is 12.9. The average Bonchev–Trinajstić information content (AvgIpc) is 3.03. The van der Waals surface area contributed by atoms with Gasteiger partial charge in [-0.1, -0.05) is 35.3 Å². The Morgan fingerprint density at radius 1 is 1.08 bits per heavy atom. The minimum absolute atomic E-state index is 0.108. The molecule has 0 aliphatic rings. The second kappa shape index (κ2) is 7.55. The van der Waals surface area contributed by atoms with Gasteiger partial charge in [-0.25, -0.2) is 4.98 Å². The maximum Gasteiger partial charge on any atom is 0.271 e. The van der Waals surface area contributed by atoms with Gasteiger partial charge in [0.15, 0.2) is 11.5 Å². The van der Waals surface area contributed by atoms with Crippen LogP contribution in [0.1, 0.15) is 22.7 Å². The molecule has 0 atom stereocenters. The third kappa shape index (κ3) is 4.29. The van der Waals surface area contributed by atoms with Crippen LogP contribution in [-0.2, 0) is 11.2 Å². The third-order valence-electron chi connectivity index (χ3n) is 3.39. The smallest absolute Gasteiger partial charge is 0.271 e. The molecule has 3 aromatic rings. The van der Waals surface area contributed by atoms with E-state index in [1.54, 1.807) is 12.1 Å². The highest BCUT2D eigenvalue weighted by Crippen LogP contribution is 2.20. The number of nitrogens with one attached hydrogen (secondary N) is 2. The molecule has 25 heavy (non-hydrogen) atoms. The monoisotopic (exact) mass is 377 g/mol. The number of fused-ring (bicyclic) bond motifs is 1. The molecule has 0 fully saturated rings. The first-order valence-corrected chi connectivity index (χ1v) is 8.17. The molecule has 0 bridgehead atoms. The van der Waals surface area contributed by atoms with E-state index >= 15 is 0 Å². The van der Waals surface area contributed by atoms with E-state index in [9.17, 15) is 9.59 Å². The standard InChI is InChI=1S/C17H13Cl2N3O3/c18-10-5-6-12(19)11(9-10)17(24)22-21-15(23)7-8-16-20-13-3-1-2-4-14(13)25-16/h1-6,9H,7-8H2,(H,21,23)(H,22,24). The third-order valence-corrected chi connectivity index (χ3v) is 3.96. The topological polar surface area (TPSA) is 84.2 Å². The lowest BCUT2D eigenvalue weighted by molar-refractivity contribution is -0.121. The van der Waals surface area contributed by atoms with Crippen molar-refractivity contribution in [1.29, 1.82) is 0 Å². The van der Waals surface area contributed by atoms with Crippen molar-refractivity contribution in [2.24, 2.45) is 0 Å². The van der Waals surface area contributed by atoms with E-state index in [4.69, 9.17) is 27.6 Å². The molecule has 2 N–H and O–H groups in total. The molecular weight excluding hydrogens is 365 g/mol. The predicted molar refractivity (Wildman–Crippen MR) is 94.4 cm³/mol. The Morgan fingerprint density at radius 2 is 1.88 bits per heavy atom. The number of oxazole rings is 1. The molecule has 6 nitrogen and oxygen atoms in total. The molecule has 0 saturated carbocycles. The number of rotatable bonds is 4. The van der Waals surface area contributed by atoms with Crippen molar-refractivity contribution in [1.82, 2.24) is 15.8 Å². The zero-order chi connectivity index (χ0) is 17.8. The first kappa shape index (κ1) is 17.3. The van der Waals surface area contributed by atoms with Crippen LogP contribution < -0.4 is 10.9 Å². The Balaban J connectivity index is 1.52.